The number of ether oxygens (including phenoxy) is 1. The summed E-state index contributed by atoms with van der Waals surface area (Å²) >= 11 is 0. The topological polar surface area (TPSA) is 52.0 Å². The van der Waals surface area contributed by atoms with E-state index in [-0.39, 0.29) is 0 Å². The van der Waals surface area contributed by atoms with Crippen LogP contribution < -0.4 is 10.1 Å². The minimum absolute atomic E-state index is 0.447. The van der Waals surface area contributed by atoms with Crippen LogP contribution >= 0.6 is 0 Å². The number of aryl methyl sites for hydroxylation is 2. The van der Waals surface area contributed by atoms with E-state index in [9.17, 15) is 0 Å². The molecule has 1 aromatic carbocycles. The molecule has 5 heteroatoms. The Morgan fingerprint density at radius 1 is 1.29 bits per heavy atom. The lowest BCUT2D eigenvalue weighted by Crippen LogP contribution is -2.21. The molecule has 0 aliphatic carbocycles. The molecule has 0 amide bonds. The van der Waals surface area contributed by atoms with Gasteiger partial charge in [-0.3, -0.25) is 0 Å². The summed E-state index contributed by atoms with van der Waals surface area (Å²) in [6.07, 6.45) is 1.96. The van der Waals surface area contributed by atoms with E-state index in [2.05, 4.69) is 61.5 Å². The molecule has 0 aliphatic heterocycles. The minimum Gasteiger partial charge on any atom is -0.491 e. The van der Waals surface area contributed by atoms with Gasteiger partial charge in [0.1, 0.15) is 12.4 Å². The zero-order valence-electron chi connectivity index (χ0n) is 13.3. The second kappa shape index (κ2) is 7.22. The summed E-state index contributed by atoms with van der Waals surface area (Å²) in [5.41, 5.74) is 3.31. The van der Waals surface area contributed by atoms with Crippen LogP contribution in [-0.2, 0) is 13.1 Å². The van der Waals surface area contributed by atoms with Gasteiger partial charge in [-0.2, -0.15) is 0 Å². The molecule has 0 saturated carbocycles. The van der Waals surface area contributed by atoms with E-state index in [0.717, 1.165) is 23.6 Å². The van der Waals surface area contributed by atoms with E-state index in [0.29, 0.717) is 19.2 Å². The highest BCUT2D eigenvalue weighted by atomic mass is 16.5. The predicted octanol–water partition coefficient (Wildman–Crippen LogP) is 2.47. The van der Waals surface area contributed by atoms with Gasteiger partial charge < -0.3 is 10.1 Å². The van der Waals surface area contributed by atoms with Gasteiger partial charge in [-0.1, -0.05) is 31.2 Å². The number of aromatic nitrogens is 3. The number of rotatable bonds is 7. The number of hydrogen-bond acceptors (Lipinski definition) is 4. The first-order chi connectivity index (χ1) is 10.0. The number of benzene rings is 1. The summed E-state index contributed by atoms with van der Waals surface area (Å²) in [6.45, 7) is 10.4. The van der Waals surface area contributed by atoms with Gasteiger partial charge in [0.2, 0.25) is 0 Å². The molecule has 0 radical (unpaired) electrons. The van der Waals surface area contributed by atoms with Crippen LogP contribution in [0.25, 0.3) is 0 Å². The van der Waals surface area contributed by atoms with Gasteiger partial charge in [-0.15, -0.1) is 5.10 Å². The van der Waals surface area contributed by atoms with Crippen LogP contribution in [0.2, 0.25) is 0 Å². The zero-order chi connectivity index (χ0) is 15.2. The molecular weight excluding hydrogens is 264 g/mol. The van der Waals surface area contributed by atoms with Crippen molar-refractivity contribution in [2.75, 3.05) is 6.61 Å². The Balaban J connectivity index is 1.82. The number of nitrogens with one attached hydrogen (secondary N) is 1. The summed E-state index contributed by atoms with van der Waals surface area (Å²) in [4.78, 5) is 0. The molecular formula is C16H24N4O. The van der Waals surface area contributed by atoms with Crippen molar-refractivity contribution in [1.82, 2.24) is 20.3 Å². The third-order valence-corrected chi connectivity index (χ3v) is 3.20. The molecule has 2 rings (SSSR count). The van der Waals surface area contributed by atoms with Gasteiger partial charge in [-0.05, 0) is 31.0 Å². The second-order valence-electron chi connectivity index (χ2n) is 5.63. The van der Waals surface area contributed by atoms with Crippen molar-refractivity contribution in [3.05, 3.63) is 41.2 Å². The fourth-order valence-electron chi connectivity index (χ4n) is 1.95. The molecule has 0 bridgehead atoms. The SMILES string of the molecule is Cc1ccc(C)c(OCCn2cc(CNC(C)C)nn2)c1. The molecule has 0 spiro atoms. The molecule has 1 N–H and O–H groups in total. The van der Waals surface area contributed by atoms with Gasteiger partial charge in [0, 0.05) is 18.8 Å². The predicted molar refractivity (Wildman–Crippen MR) is 83.4 cm³/mol. The van der Waals surface area contributed by atoms with E-state index in [4.69, 9.17) is 4.74 Å². The summed E-state index contributed by atoms with van der Waals surface area (Å²) in [5.74, 6) is 0.941. The molecule has 0 saturated heterocycles. The fraction of sp³-hybridized carbons (Fsp3) is 0.500. The standard InChI is InChI=1S/C16H24N4O/c1-12(2)17-10-15-11-20(19-18-15)7-8-21-16-9-13(3)5-6-14(16)4/h5-6,9,11-12,17H,7-8,10H2,1-4H3. The lowest BCUT2D eigenvalue weighted by atomic mass is 10.1. The lowest BCUT2D eigenvalue weighted by molar-refractivity contribution is 0.288. The number of nitrogens with zero attached hydrogens (tertiary/aromatic N) is 3. The summed E-state index contributed by atoms with van der Waals surface area (Å²) < 4.78 is 7.65. The Morgan fingerprint density at radius 2 is 2.10 bits per heavy atom. The summed E-state index contributed by atoms with van der Waals surface area (Å²) in [5, 5.41) is 11.6. The molecule has 114 valence electrons. The van der Waals surface area contributed by atoms with E-state index in [1.54, 1.807) is 0 Å². The van der Waals surface area contributed by atoms with Crippen molar-refractivity contribution in [3.63, 3.8) is 0 Å². The Bertz CT molecular complexity index is 577. The fourth-order valence-corrected chi connectivity index (χ4v) is 1.95. The molecule has 0 atom stereocenters. The molecule has 2 aromatic rings. The highest BCUT2D eigenvalue weighted by Gasteiger charge is 2.03. The molecule has 5 nitrogen and oxygen atoms in total. The zero-order valence-corrected chi connectivity index (χ0v) is 13.3. The van der Waals surface area contributed by atoms with Gasteiger partial charge in [0.05, 0.1) is 12.2 Å². The van der Waals surface area contributed by atoms with Crippen LogP contribution in [0.3, 0.4) is 0 Å². The molecule has 0 unspecified atom stereocenters. The molecule has 1 aromatic heterocycles. The van der Waals surface area contributed by atoms with Crippen molar-refractivity contribution in [3.8, 4) is 5.75 Å². The van der Waals surface area contributed by atoms with E-state index >= 15 is 0 Å². The second-order valence-corrected chi connectivity index (χ2v) is 5.63. The lowest BCUT2D eigenvalue weighted by Gasteiger charge is -2.09. The maximum atomic E-state index is 5.82. The molecule has 0 aliphatic rings. The quantitative estimate of drug-likeness (QED) is 0.850. The minimum atomic E-state index is 0.447. The first kappa shape index (κ1) is 15.5. The Morgan fingerprint density at radius 3 is 2.86 bits per heavy atom. The Hall–Kier alpha value is -1.88. The van der Waals surface area contributed by atoms with Gasteiger partial charge in [-0.25, -0.2) is 4.68 Å². The first-order valence-corrected chi connectivity index (χ1v) is 7.37. The average molecular weight is 288 g/mol. The van der Waals surface area contributed by atoms with Crippen molar-refractivity contribution in [1.29, 1.82) is 0 Å². The van der Waals surface area contributed by atoms with Crippen molar-refractivity contribution < 1.29 is 4.74 Å². The smallest absolute Gasteiger partial charge is 0.122 e. The van der Waals surface area contributed by atoms with Crippen LogP contribution in [0.4, 0.5) is 0 Å². The van der Waals surface area contributed by atoms with E-state index < -0.39 is 0 Å². The van der Waals surface area contributed by atoms with Crippen LogP contribution in [0.15, 0.2) is 24.4 Å². The summed E-state index contributed by atoms with van der Waals surface area (Å²) in [7, 11) is 0. The van der Waals surface area contributed by atoms with Gasteiger partial charge >= 0.3 is 0 Å². The van der Waals surface area contributed by atoms with E-state index in [1.165, 1.54) is 5.56 Å². The largest absolute Gasteiger partial charge is 0.491 e. The number of hydrogen-bond donors (Lipinski definition) is 1. The van der Waals surface area contributed by atoms with Crippen molar-refractivity contribution in [2.24, 2.45) is 0 Å². The highest BCUT2D eigenvalue weighted by Crippen LogP contribution is 2.18. The third kappa shape index (κ3) is 4.86. The van der Waals surface area contributed by atoms with Crippen LogP contribution in [0.1, 0.15) is 30.7 Å². The highest BCUT2D eigenvalue weighted by molar-refractivity contribution is 5.35. The van der Waals surface area contributed by atoms with Gasteiger partial charge in [0.15, 0.2) is 0 Å². The average Bonchev–Trinajstić information content (AvgIpc) is 2.88. The van der Waals surface area contributed by atoms with E-state index in [1.807, 2.05) is 10.9 Å². The maximum absolute atomic E-state index is 5.82. The van der Waals surface area contributed by atoms with Crippen LogP contribution in [0.5, 0.6) is 5.75 Å². The normalized spacial score (nSPS) is 11.1. The Labute approximate surface area is 126 Å². The van der Waals surface area contributed by atoms with Crippen LogP contribution in [-0.4, -0.2) is 27.6 Å². The monoisotopic (exact) mass is 288 g/mol. The third-order valence-electron chi connectivity index (χ3n) is 3.20. The maximum Gasteiger partial charge on any atom is 0.122 e. The van der Waals surface area contributed by atoms with Gasteiger partial charge in [0.25, 0.3) is 0 Å². The summed E-state index contributed by atoms with van der Waals surface area (Å²) in [6, 6.07) is 6.68. The molecule has 1 heterocycles. The van der Waals surface area contributed by atoms with Crippen LogP contribution in [0, 0.1) is 13.8 Å². The molecule has 0 fully saturated rings. The first-order valence-electron chi connectivity index (χ1n) is 7.37. The molecule has 21 heavy (non-hydrogen) atoms. The van der Waals surface area contributed by atoms with Crippen molar-refractivity contribution >= 4 is 0 Å². The Kier molecular flexibility index (Phi) is 5.33. The van der Waals surface area contributed by atoms with Crippen molar-refractivity contribution in [2.45, 2.75) is 46.8 Å².